The highest BCUT2D eigenvalue weighted by Crippen LogP contribution is 2.19. The lowest BCUT2D eigenvalue weighted by Gasteiger charge is -2.03. The van der Waals surface area contributed by atoms with Crippen LogP contribution in [0.3, 0.4) is 0 Å². The van der Waals surface area contributed by atoms with E-state index in [1.165, 1.54) is 5.56 Å². The Bertz CT molecular complexity index is 939. The molecule has 3 aromatic rings. The Morgan fingerprint density at radius 1 is 0.750 bits per heavy atom. The summed E-state index contributed by atoms with van der Waals surface area (Å²) in [6, 6.07) is 13.8. The zero-order chi connectivity index (χ0) is 17.1. The highest BCUT2D eigenvalue weighted by Gasteiger charge is 2.09. The molecular formula is C21H15F3. The second-order valence-electron chi connectivity index (χ2n) is 5.65. The second kappa shape index (κ2) is 6.80. The van der Waals surface area contributed by atoms with Crippen molar-refractivity contribution in [1.82, 2.24) is 0 Å². The molecule has 3 heteroatoms. The molecule has 0 bridgehead atoms. The molecule has 0 radical (unpaired) electrons. The standard InChI is InChI=1S/C21H15F3/c1-2-3-14-6-8-18-11-15(7-9-17(18)10-14)4-5-16-12-19(22)21(24)20(23)13-16/h6-13H,2-3H2,1H3. The fraction of sp³-hybridized carbons (Fsp3) is 0.143. The summed E-state index contributed by atoms with van der Waals surface area (Å²) in [4.78, 5) is 0. The number of aryl methyl sites for hydroxylation is 1. The zero-order valence-electron chi connectivity index (χ0n) is 13.2. The molecule has 0 nitrogen and oxygen atoms in total. The summed E-state index contributed by atoms with van der Waals surface area (Å²) in [6.07, 6.45) is 2.14. The summed E-state index contributed by atoms with van der Waals surface area (Å²) in [6.45, 7) is 2.14. The Balaban J connectivity index is 1.92. The van der Waals surface area contributed by atoms with Crippen molar-refractivity contribution < 1.29 is 13.2 Å². The van der Waals surface area contributed by atoms with Gasteiger partial charge in [-0.3, -0.25) is 0 Å². The molecule has 0 amide bonds. The minimum absolute atomic E-state index is 0.102. The Kier molecular flexibility index (Phi) is 4.57. The first-order valence-electron chi connectivity index (χ1n) is 7.76. The average Bonchev–Trinajstić information content (AvgIpc) is 2.58. The molecule has 0 aliphatic rings. The van der Waals surface area contributed by atoms with Gasteiger partial charge in [0.15, 0.2) is 17.5 Å². The third-order valence-electron chi connectivity index (χ3n) is 3.78. The Morgan fingerprint density at radius 2 is 1.38 bits per heavy atom. The van der Waals surface area contributed by atoms with Crippen LogP contribution in [0, 0.1) is 29.3 Å². The van der Waals surface area contributed by atoms with Gasteiger partial charge in [0.05, 0.1) is 0 Å². The molecule has 3 aromatic carbocycles. The van der Waals surface area contributed by atoms with Gasteiger partial charge < -0.3 is 0 Å². The van der Waals surface area contributed by atoms with E-state index >= 15 is 0 Å². The third-order valence-corrected chi connectivity index (χ3v) is 3.78. The van der Waals surface area contributed by atoms with Gasteiger partial charge in [-0.15, -0.1) is 0 Å². The Hall–Kier alpha value is -2.73. The molecule has 0 aliphatic carbocycles. The van der Waals surface area contributed by atoms with Crippen molar-refractivity contribution in [1.29, 1.82) is 0 Å². The second-order valence-corrected chi connectivity index (χ2v) is 5.65. The lowest BCUT2D eigenvalue weighted by Crippen LogP contribution is -1.91. The van der Waals surface area contributed by atoms with E-state index in [-0.39, 0.29) is 5.56 Å². The van der Waals surface area contributed by atoms with Crippen LogP contribution in [0.4, 0.5) is 13.2 Å². The molecule has 0 aromatic heterocycles. The van der Waals surface area contributed by atoms with Gasteiger partial charge in [-0.25, -0.2) is 13.2 Å². The van der Waals surface area contributed by atoms with Crippen molar-refractivity contribution in [2.45, 2.75) is 19.8 Å². The summed E-state index contributed by atoms with van der Waals surface area (Å²) in [5.41, 5.74) is 2.13. The molecule has 0 unspecified atom stereocenters. The molecule has 0 atom stereocenters. The van der Waals surface area contributed by atoms with E-state index in [9.17, 15) is 13.2 Å². The normalized spacial score (nSPS) is 10.5. The largest absolute Gasteiger partial charge is 0.204 e. The van der Waals surface area contributed by atoms with Crippen LogP contribution in [0.1, 0.15) is 30.0 Å². The lowest BCUT2D eigenvalue weighted by molar-refractivity contribution is 0.446. The number of halogens is 3. The molecule has 0 N–H and O–H groups in total. The summed E-state index contributed by atoms with van der Waals surface area (Å²) < 4.78 is 39.3. The van der Waals surface area contributed by atoms with E-state index in [4.69, 9.17) is 0 Å². The first-order chi connectivity index (χ1) is 11.6. The van der Waals surface area contributed by atoms with Crippen LogP contribution in [-0.4, -0.2) is 0 Å². The van der Waals surface area contributed by atoms with Crippen molar-refractivity contribution in [2.24, 2.45) is 0 Å². The van der Waals surface area contributed by atoms with Crippen molar-refractivity contribution in [3.8, 4) is 11.8 Å². The molecule has 0 saturated heterocycles. The van der Waals surface area contributed by atoms with Gasteiger partial charge in [0, 0.05) is 11.1 Å². The van der Waals surface area contributed by atoms with Crippen LogP contribution in [0.15, 0.2) is 48.5 Å². The number of fused-ring (bicyclic) bond motifs is 1. The van der Waals surface area contributed by atoms with Crippen molar-refractivity contribution >= 4 is 10.8 Å². The number of benzene rings is 3. The highest BCUT2D eigenvalue weighted by molar-refractivity contribution is 5.84. The maximum Gasteiger partial charge on any atom is 0.194 e. The van der Waals surface area contributed by atoms with Gasteiger partial charge >= 0.3 is 0 Å². The summed E-state index contributed by atoms with van der Waals surface area (Å²) in [5, 5.41) is 2.18. The molecule has 24 heavy (non-hydrogen) atoms. The average molecular weight is 324 g/mol. The van der Waals surface area contributed by atoms with Crippen molar-refractivity contribution in [3.63, 3.8) is 0 Å². The molecule has 0 aliphatic heterocycles. The number of hydrogen-bond donors (Lipinski definition) is 0. The Morgan fingerprint density at radius 3 is 2.08 bits per heavy atom. The van der Waals surface area contributed by atoms with E-state index in [2.05, 4.69) is 30.9 Å². The molecule has 0 spiro atoms. The summed E-state index contributed by atoms with van der Waals surface area (Å²) >= 11 is 0. The predicted molar refractivity (Wildman–Crippen MR) is 90.2 cm³/mol. The first-order valence-corrected chi connectivity index (χ1v) is 7.76. The van der Waals surface area contributed by atoms with Gasteiger partial charge in [-0.05, 0) is 47.0 Å². The molecule has 0 saturated carbocycles. The zero-order valence-corrected chi connectivity index (χ0v) is 13.2. The van der Waals surface area contributed by atoms with Gasteiger partial charge in [0.2, 0.25) is 0 Å². The van der Waals surface area contributed by atoms with E-state index in [1.54, 1.807) is 0 Å². The topological polar surface area (TPSA) is 0 Å². The van der Waals surface area contributed by atoms with Gasteiger partial charge in [0.1, 0.15) is 0 Å². The van der Waals surface area contributed by atoms with Gasteiger partial charge in [0.25, 0.3) is 0 Å². The summed E-state index contributed by atoms with van der Waals surface area (Å²) in [5.74, 6) is 1.58. The third kappa shape index (κ3) is 3.44. The predicted octanol–water partition coefficient (Wildman–Crippen LogP) is 5.61. The van der Waals surface area contributed by atoms with Crippen LogP contribution < -0.4 is 0 Å². The van der Waals surface area contributed by atoms with Crippen LogP contribution in [0.25, 0.3) is 10.8 Å². The molecule has 3 rings (SSSR count). The van der Waals surface area contributed by atoms with Crippen molar-refractivity contribution in [2.75, 3.05) is 0 Å². The summed E-state index contributed by atoms with van der Waals surface area (Å²) in [7, 11) is 0. The fourth-order valence-corrected chi connectivity index (χ4v) is 2.59. The number of hydrogen-bond acceptors (Lipinski definition) is 0. The molecule has 120 valence electrons. The van der Waals surface area contributed by atoms with Gasteiger partial charge in [-0.1, -0.05) is 49.5 Å². The van der Waals surface area contributed by atoms with Crippen molar-refractivity contribution in [3.05, 3.63) is 82.7 Å². The molecule has 0 fully saturated rings. The quantitative estimate of drug-likeness (QED) is 0.424. The maximum absolute atomic E-state index is 13.2. The van der Waals surface area contributed by atoms with E-state index < -0.39 is 17.5 Å². The number of rotatable bonds is 2. The van der Waals surface area contributed by atoms with Crippen LogP contribution >= 0.6 is 0 Å². The van der Waals surface area contributed by atoms with Crippen LogP contribution in [-0.2, 0) is 6.42 Å². The van der Waals surface area contributed by atoms with E-state index in [1.807, 2.05) is 24.3 Å². The van der Waals surface area contributed by atoms with Crippen LogP contribution in [0.5, 0.6) is 0 Å². The van der Waals surface area contributed by atoms with E-state index in [0.717, 1.165) is 41.3 Å². The molecular weight excluding hydrogens is 309 g/mol. The Labute approximate surface area is 138 Å². The van der Waals surface area contributed by atoms with E-state index in [0.29, 0.717) is 0 Å². The SMILES string of the molecule is CCCc1ccc2cc(C#Cc3cc(F)c(F)c(F)c3)ccc2c1. The van der Waals surface area contributed by atoms with Crippen LogP contribution in [0.2, 0.25) is 0 Å². The lowest BCUT2D eigenvalue weighted by atomic mass is 10.0. The maximum atomic E-state index is 13.2. The smallest absolute Gasteiger partial charge is 0.194 e. The minimum Gasteiger partial charge on any atom is -0.204 e. The van der Waals surface area contributed by atoms with Gasteiger partial charge in [-0.2, -0.15) is 0 Å². The highest BCUT2D eigenvalue weighted by atomic mass is 19.2. The monoisotopic (exact) mass is 324 g/mol. The molecule has 0 heterocycles. The first kappa shape index (κ1) is 16.1. The fourth-order valence-electron chi connectivity index (χ4n) is 2.59. The minimum atomic E-state index is -1.48.